The molecule has 1 aromatic rings. The molecule has 0 bridgehead atoms. The molecule has 0 atom stereocenters. The lowest BCUT2D eigenvalue weighted by Crippen LogP contribution is -2.37. The van der Waals surface area contributed by atoms with E-state index in [4.69, 9.17) is 4.42 Å². The quantitative estimate of drug-likeness (QED) is 0.894. The zero-order chi connectivity index (χ0) is 14.9. The van der Waals surface area contributed by atoms with Gasteiger partial charge in [0, 0.05) is 18.2 Å². The molecule has 1 aromatic heterocycles. The predicted molar refractivity (Wildman–Crippen MR) is 86.0 cm³/mol. The Balaban J connectivity index is 1.49. The minimum atomic E-state index is 0.459. The maximum absolute atomic E-state index is 5.67. The van der Waals surface area contributed by atoms with E-state index in [1.165, 1.54) is 44.3 Å². The van der Waals surface area contributed by atoms with Crippen LogP contribution in [0.5, 0.6) is 0 Å². The highest BCUT2D eigenvalue weighted by molar-refractivity contribution is 5.17. The molecule has 21 heavy (non-hydrogen) atoms. The first kappa shape index (κ1) is 15.1. The first-order valence-corrected chi connectivity index (χ1v) is 8.53. The van der Waals surface area contributed by atoms with Crippen LogP contribution in [0.2, 0.25) is 0 Å². The van der Waals surface area contributed by atoms with E-state index >= 15 is 0 Å². The first-order chi connectivity index (χ1) is 10.0. The lowest BCUT2D eigenvalue weighted by molar-refractivity contribution is 0.107. The average molecular weight is 290 g/mol. The topological polar surface area (TPSA) is 28.4 Å². The smallest absolute Gasteiger partial charge is 0.122 e. The highest BCUT2D eigenvalue weighted by atomic mass is 16.3. The summed E-state index contributed by atoms with van der Waals surface area (Å²) in [6.45, 7) is 11.5. The monoisotopic (exact) mass is 290 g/mol. The summed E-state index contributed by atoms with van der Waals surface area (Å²) >= 11 is 0. The van der Waals surface area contributed by atoms with Crippen LogP contribution in [0.4, 0.5) is 0 Å². The summed E-state index contributed by atoms with van der Waals surface area (Å²) in [5.41, 5.74) is 1.83. The summed E-state index contributed by atoms with van der Waals surface area (Å²) in [6, 6.07) is 2.89. The second kappa shape index (κ2) is 6.13. The third kappa shape index (κ3) is 4.10. The van der Waals surface area contributed by atoms with Crippen molar-refractivity contribution in [2.45, 2.75) is 65.6 Å². The lowest BCUT2D eigenvalue weighted by Gasteiger charge is -2.38. The number of hydrogen-bond acceptors (Lipinski definition) is 3. The summed E-state index contributed by atoms with van der Waals surface area (Å²) in [5.74, 6) is 2.01. The second-order valence-corrected chi connectivity index (χ2v) is 7.94. The van der Waals surface area contributed by atoms with Crippen LogP contribution in [0.3, 0.4) is 0 Å². The van der Waals surface area contributed by atoms with Gasteiger partial charge in [-0.2, -0.15) is 0 Å². The standard InChI is InChI=1S/C18H30N2O/c1-18(2,3)15-6-9-20(10-7-15)13-14-8-11-21-17(14)12-19-16-4-5-16/h8,11,15-16,19H,4-7,9-10,12-13H2,1-3H3. The van der Waals surface area contributed by atoms with Crippen LogP contribution in [-0.2, 0) is 13.1 Å². The Morgan fingerprint density at radius 1 is 1.19 bits per heavy atom. The van der Waals surface area contributed by atoms with Crippen LogP contribution in [0.25, 0.3) is 0 Å². The minimum absolute atomic E-state index is 0.459. The molecule has 2 fully saturated rings. The molecule has 1 saturated heterocycles. The van der Waals surface area contributed by atoms with Gasteiger partial charge in [-0.05, 0) is 56.2 Å². The van der Waals surface area contributed by atoms with Gasteiger partial charge in [0.05, 0.1) is 12.8 Å². The number of piperidine rings is 1. The highest BCUT2D eigenvalue weighted by Gasteiger charge is 2.29. The van der Waals surface area contributed by atoms with Gasteiger partial charge in [0.25, 0.3) is 0 Å². The SMILES string of the molecule is CC(C)(C)C1CCN(Cc2ccoc2CNC2CC2)CC1. The molecule has 0 aromatic carbocycles. The molecule has 0 radical (unpaired) electrons. The van der Waals surface area contributed by atoms with Crippen LogP contribution in [-0.4, -0.2) is 24.0 Å². The Kier molecular flexibility index (Phi) is 4.41. The van der Waals surface area contributed by atoms with E-state index in [0.717, 1.165) is 30.8 Å². The van der Waals surface area contributed by atoms with Crippen molar-refractivity contribution < 1.29 is 4.42 Å². The molecule has 1 saturated carbocycles. The summed E-state index contributed by atoms with van der Waals surface area (Å²) in [6.07, 6.45) is 7.17. The predicted octanol–water partition coefficient (Wildman–Crippen LogP) is 3.79. The minimum Gasteiger partial charge on any atom is -0.468 e. The van der Waals surface area contributed by atoms with Crippen molar-refractivity contribution >= 4 is 0 Å². The first-order valence-electron chi connectivity index (χ1n) is 8.53. The summed E-state index contributed by atoms with van der Waals surface area (Å²) in [5, 5.41) is 3.55. The van der Waals surface area contributed by atoms with Crippen molar-refractivity contribution in [3.05, 3.63) is 23.7 Å². The van der Waals surface area contributed by atoms with Crippen LogP contribution in [0, 0.1) is 11.3 Å². The Morgan fingerprint density at radius 2 is 1.90 bits per heavy atom. The molecular formula is C18H30N2O. The molecule has 118 valence electrons. The molecule has 2 aliphatic rings. The van der Waals surface area contributed by atoms with Crippen LogP contribution in [0.1, 0.15) is 57.8 Å². The molecular weight excluding hydrogens is 260 g/mol. The molecule has 0 unspecified atom stereocenters. The van der Waals surface area contributed by atoms with E-state index in [1.807, 2.05) is 6.26 Å². The molecule has 1 aliphatic carbocycles. The fourth-order valence-corrected chi connectivity index (χ4v) is 3.39. The number of furan rings is 1. The van der Waals surface area contributed by atoms with E-state index in [-0.39, 0.29) is 0 Å². The van der Waals surface area contributed by atoms with Gasteiger partial charge in [0.1, 0.15) is 5.76 Å². The summed E-state index contributed by atoms with van der Waals surface area (Å²) in [4.78, 5) is 2.59. The van der Waals surface area contributed by atoms with Gasteiger partial charge < -0.3 is 9.73 Å². The highest BCUT2D eigenvalue weighted by Crippen LogP contribution is 2.34. The van der Waals surface area contributed by atoms with Crippen molar-refractivity contribution in [2.24, 2.45) is 11.3 Å². The fraction of sp³-hybridized carbons (Fsp3) is 0.778. The Hall–Kier alpha value is -0.800. The zero-order valence-electron chi connectivity index (χ0n) is 13.8. The molecule has 0 amide bonds. The van der Waals surface area contributed by atoms with Crippen LogP contribution < -0.4 is 5.32 Å². The lowest BCUT2D eigenvalue weighted by atomic mass is 9.75. The number of nitrogens with one attached hydrogen (secondary N) is 1. The van der Waals surface area contributed by atoms with Crippen molar-refractivity contribution in [3.8, 4) is 0 Å². The van der Waals surface area contributed by atoms with Gasteiger partial charge >= 0.3 is 0 Å². The van der Waals surface area contributed by atoms with E-state index in [2.05, 4.69) is 37.1 Å². The average Bonchev–Trinajstić information content (AvgIpc) is 3.17. The molecule has 2 heterocycles. The molecule has 1 N–H and O–H groups in total. The third-order valence-electron chi connectivity index (χ3n) is 5.17. The number of hydrogen-bond donors (Lipinski definition) is 1. The molecule has 3 rings (SSSR count). The maximum atomic E-state index is 5.67. The van der Waals surface area contributed by atoms with Gasteiger partial charge in [-0.15, -0.1) is 0 Å². The van der Waals surface area contributed by atoms with Crippen molar-refractivity contribution in [3.63, 3.8) is 0 Å². The van der Waals surface area contributed by atoms with Crippen molar-refractivity contribution in [1.29, 1.82) is 0 Å². The fourth-order valence-electron chi connectivity index (χ4n) is 3.39. The third-order valence-corrected chi connectivity index (χ3v) is 5.17. The van der Waals surface area contributed by atoms with E-state index in [0.29, 0.717) is 5.41 Å². The van der Waals surface area contributed by atoms with Crippen molar-refractivity contribution in [1.82, 2.24) is 10.2 Å². The van der Waals surface area contributed by atoms with E-state index < -0.39 is 0 Å². The Morgan fingerprint density at radius 3 is 2.52 bits per heavy atom. The Labute approximate surface area is 129 Å². The number of likely N-dealkylation sites (tertiary alicyclic amines) is 1. The number of nitrogens with zero attached hydrogens (tertiary/aromatic N) is 1. The van der Waals surface area contributed by atoms with Crippen LogP contribution in [0.15, 0.2) is 16.7 Å². The van der Waals surface area contributed by atoms with Crippen LogP contribution >= 0.6 is 0 Å². The normalized spacial score (nSPS) is 21.9. The van der Waals surface area contributed by atoms with Gasteiger partial charge in [-0.25, -0.2) is 0 Å². The maximum Gasteiger partial charge on any atom is 0.122 e. The van der Waals surface area contributed by atoms with E-state index in [1.54, 1.807) is 0 Å². The van der Waals surface area contributed by atoms with Gasteiger partial charge in [0.15, 0.2) is 0 Å². The summed E-state index contributed by atoms with van der Waals surface area (Å²) < 4.78 is 5.67. The summed E-state index contributed by atoms with van der Waals surface area (Å²) in [7, 11) is 0. The Bertz CT molecular complexity index is 448. The van der Waals surface area contributed by atoms with Gasteiger partial charge in [-0.1, -0.05) is 20.8 Å². The van der Waals surface area contributed by atoms with Crippen molar-refractivity contribution in [2.75, 3.05) is 13.1 Å². The van der Waals surface area contributed by atoms with E-state index in [9.17, 15) is 0 Å². The van der Waals surface area contributed by atoms with Gasteiger partial charge in [-0.3, -0.25) is 4.90 Å². The molecule has 1 aliphatic heterocycles. The largest absolute Gasteiger partial charge is 0.468 e. The zero-order valence-corrected chi connectivity index (χ0v) is 13.8. The molecule has 0 spiro atoms. The molecule has 3 heteroatoms. The van der Waals surface area contributed by atoms with Gasteiger partial charge in [0.2, 0.25) is 0 Å². The second-order valence-electron chi connectivity index (χ2n) is 7.94. The number of rotatable bonds is 5. The molecule has 3 nitrogen and oxygen atoms in total.